The number of carbonyl (C=O) groups excluding carboxylic acids is 1. The zero-order valence-electron chi connectivity index (χ0n) is 16.2. The van der Waals surface area contributed by atoms with E-state index in [0.29, 0.717) is 11.9 Å². The SMILES string of the molecule is Cc1sc2ncn(CCC(=O)Nc3cccc(N4CCCC4)c3)c(=O)c2c1C. The highest BCUT2D eigenvalue weighted by atomic mass is 32.1. The van der Waals surface area contributed by atoms with Gasteiger partial charge in [-0.15, -0.1) is 11.3 Å². The predicted octanol–water partition coefficient (Wildman–Crippen LogP) is 3.70. The van der Waals surface area contributed by atoms with E-state index >= 15 is 0 Å². The second-order valence-electron chi connectivity index (χ2n) is 7.25. The Hall–Kier alpha value is -2.67. The monoisotopic (exact) mass is 396 g/mol. The number of rotatable bonds is 5. The van der Waals surface area contributed by atoms with Gasteiger partial charge in [-0.3, -0.25) is 14.2 Å². The number of nitrogens with zero attached hydrogens (tertiary/aromatic N) is 3. The molecule has 0 unspecified atom stereocenters. The molecule has 0 radical (unpaired) electrons. The smallest absolute Gasteiger partial charge is 0.262 e. The molecule has 2 aromatic heterocycles. The van der Waals surface area contributed by atoms with Gasteiger partial charge in [0.2, 0.25) is 5.91 Å². The molecule has 1 saturated heterocycles. The van der Waals surface area contributed by atoms with Crippen LogP contribution in [0.25, 0.3) is 10.2 Å². The Kier molecular flexibility index (Phi) is 5.17. The number of aryl methyl sites for hydroxylation is 3. The maximum atomic E-state index is 12.7. The average molecular weight is 397 g/mol. The van der Waals surface area contributed by atoms with Gasteiger partial charge in [0.1, 0.15) is 4.83 Å². The first-order chi connectivity index (χ1) is 13.5. The summed E-state index contributed by atoms with van der Waals surface area (Å²) in [6.07, 6.45) is 4.20. The maximum absolute atomic E-state index is 12.7. The number of aromatic nitrogens is 2. The van der Waals surface area contributed by atoms with E-state index in [1.54, 1.807) is 6.33 Å². The van der Waals surface area contributed by atoms with E-state index in [4.69, 9.17) is 0 Å². The third-order valence-corrected chi connectivity index (χ3v) is 6.45. The Balaban J connectivity index is 1.43. The lowest BCUT2D eigenvalue weighted by Crippen LogP contribution is -2.23. The van der Waals surface area contributed by atoms with Crippen LogP contribution >= 0.6 is 11.3 Å². The van der Waals surface area contributed by atoms with Gasteiger partial charge in [-0.25, -0.2) is 4.98 Å². The predicted molar refractivity (Wildman–Crippen MR) is 114 cm³/mol. The number of anilines is 2. The zero-order valence-corrected chi connectivity index (χ0v) is 17.0. The topological polar surface area (TPSA) is 67.2 Å². The van der Waals surface area contributed by atoms with E-state index in [9.17, 15) is 9.59 Å². The minimum absolute atomic E-state index is 0.0734. The summed E-state index contributed by atoms with van der Waals surface area (Å²) in [5, 5.41) is 3.62. The highest BCUT2D eigenvalue weighted by Crippen LogP contribution is 2.25. The molecule has 0 atom stereocenters. The number of fused-ring (bicyclic) bond motifs is 1. The first-order valence-corrected chi connectivity index (χ1v) is 10.4. The van der Waals surface area contributed by atoms with Crippen molar-refractivity contribution in [1.29, 1.82) is 0 Å². The van der Waals surface area contributed by atoms with Crippen LogP contribution in [0.3, 0.4) is 0 Å². The van der Waals surface area contributed by atoms with Crippen LogP contribution < -0.4 is 15.8 Å². The summed E-state index contributed by atoms with van der Waals surface area (Å²) in [5.74, 6) is -0.108. The van der Waals surface area contributed by atoms with Gasteiger partial charge < -0.3 is 10.2 Å². The van der Waals surface area contributed by atoms with Crippen LogP contribution in [0.2, 0.25) is 0 Å². The van der Waals surface area contributed by atoms with Crippen molar-refractivity contribution < 1.29 is 4.79 Å². The van der Waals surface area contributed by atoms with Crippen molar-refractivity contribution >= 4 is 38.8 Å². The first-order valence-electron chi connectivity index (χ1n) is 9.63. The van der Waals surface area contributed by atoms with Crippen molar-refractivity contribution in [3.05, 3.63) is 51.4 Å². The van der Waals surface area contributed by atoms with Gasteiger partial charge in [0.05, 0.1) is 11.7 Å². The number of carbonyl (C=O) groups is 1. The third kappa shape index (κ3) is 3.67. The summed E-state index contributed by atoms with van der Waals surface area (Å²) < 4.78 is 1.53. The summed E-state index contributed by atoms with van der Waals surface area (Å²) in [5.41, 5.74) is 2.84. The molecule has 1 N–H and O–H groups in total. The van der Waals surface area contributed by atoms with E-state index in [-0.39, 0.29) is 17.9 Å². The normalized spacial score (nSPS) is 14.0. The van der Waals surface area contributed by atoms with Crippen LogP contribution in [0.1, 0.15) is 29.7 Å². The first kappa shape index (κ1) is 18.7. The Morgan fingerprint density at radius 2 is 2.04 bits per heavy atom. The molecule has 1 amide bonds. The van der Waals surface area contributed by atoms with E-state index < -0.39 is 0 Å². The summed E-state index contributed by atoms with van der Waals surface area (Å²) in [6.45, 7) is 6.39. The van der Waals surface area contributed by atoms with Crippen molar-refractivity contribution in [2.75, 3.05) is 23.3 Å². The van der Waals surface area contributed by atoms with Crippen LogP contribution in [0.5, 0.6) is 0 Å². The number of amides is 1. The lowest BCUT2D eigenvalue weighted by molar-refractivity contribution is -0.116. The Morgan fingerprint density at radius 1 is 1.25 bits per heavy atom. The molecule has 4 rings (SSSR count). The molecular formula is C21H24N4O2S. The van der Waals surface area contributed by atoms with E-state index in [1.165, 1.54) is 28.7 Å². The lowest BCUT2D eigenvalue weighted by Gasteiger charge is -2.18. The van der Waals surface area contributed by atoms with Crippen molar-refractivity contribution in [1.82, 2.24) is 9.55 Å². The van der Waals surface area contributed by atoms with Gasteiger partial charge in [-0.05, 0) is 50.5 Å². The maximum Gasteiger partial charge on any atom is 0.262 e. The molecule has 146 valence electrons. The third-order valence-electron chi connectivity index (χ3n) is 5.34. The molecule has 1 fully saturated rings. The Labute approximate surface area is 167 Å². The van der Waals surface area contributed by atoms with Gasteiger partial charge in [-0.1, -0.05) is 6.07 Å². The average Bonchev–Trinajstić information content (AvgIpc) is 3.31. The van der Waals surface area contributed by atoms with Crippen molar-refractivity contribution in [2.45, 2.75) is 39.7 Å². The molecule has 28 heavy (non-hydrogen) atoms. The number of hydrogen-bond donors (Lipinski definition) is 1. The lowest BCUT2D eigenvalue weighted by atomic mass is 10.2. The standard InChI is InChI=1S/C21H24N4O2S/c1-14-15(2)28-20-19(14)21(27)25(13-22-20)11-8-18(26)23-16-6-5-7-17(12-16)24-9-3-4-10-24/h5-7,12-13H,3-4,8-11H2,1-2H3,(H,23,26). The minimum Gasteiger partial charge on any atom is -0.371 e. The summed E-state index contributed by atoms with van der Waals surface area (Å²) >= 11 is 1.53. The Morgan fingerprint density at radius 3 is 2.82 bits per heavy atom. The molecule has 0 aliphatic carbocycles. The molecule has 1 aromatic carbocycles. The van der Waals surface area contributed by atoms with Gasteiger partial charge in [0.15, 0.2) is 0 Å². The van der Waals surface area contributed by atoms with Crippen LogP contribution in [0.15, 0.2) is 35.4 Å². The van der Waals surface area contributed by atoms with Crippen molar-refractivity contribution in [3.8, 4) is 0 Å². The van der Waals surface area contributed by atoms with Crippen LogP contribution in [0.4, 0.5) is 11.4 Å². The highest BCUT2D eigenvalue weighted by Gasteiger charge is 2.14. The second kappa shape index (κ2) is 7.75. The molecule has 6 nitrogen and oxygen atoms in total. The van der Waals surface area contributed by atoms with Gasteiger partial charge in [0, 0.05) is 42.3 Å². The van der Waals surface area contributed by atoms with E-state index in [2.05, 4.69) is 21.3 Å². The molecule has 3 heterocycles. The fourth-order valence-electron chi connectivity index (χ4n) is 3.63. The molecule has 0 saturated carbocycles. The van der Waals surface area contributed by atoms with Crippen LogP contribution in [-0.4, -0.2) is 28.5 Å². The van der Waals surface area contributed by atoms with Crippen molar-refractivity contribution in [3.63, 3.8) is 0 Å². The van der Waals surface area contributed by atoms with E-state index in [0.717, 1.165) is 39.7 Å². The fourth-order valence-corrected chi connectivity index (χ4v) is 4.62. The summed E-state index contributed by atoms with van der Waals surface area (Å²) in [6, 6.07) is 7.95. The van der Waals surface area contributed by atoms with Crippen LogP contribution in [-0.2, 0) is 11.3 Å². The number of thiophene rings is 1. The number of hydrogen-bond acceptors (Lipinski definition) is 5. The van der Waals surface area contributed by atoms with Gasteiger partial charge in [0.25, 0.3) is 5.56 Å². The summed E-state index contributed by atoms with van der Waals surface area (Å²) in [4.78, 5) is 33.7. The molecule has 0 spiro atoms. The summed E-state index contributed by atoms with van der Waals surface area (Å²) in [7, 11) is 0. The molecule has 0 bridgehead atoms. The minimum atomic E-state index is -0.108. The van der Waals surface area contributed by atoms with Crippen molar-refractivity contribution in [2.24, 2.45) is 0 Å². The molecule has 7 heteroatoms. The largest absolute Gasteiger partial charge is 0.371 e. The van der Waals surface area contributed by atoms with Crippen LogP contribution in [0, 0.1) is 13.8 Å². The molecule has 3 aromatic rings. The second-order valence-corrected chi connectivity index (χ2v) is 8.45. The fraction of sp³-hybridized carbons (Fsp3) is 0.381. The zero-order chi connectivity index (χ0) is 19.7. The molecule has 1 aliphatic heterocycles. The van der Waals surface area contributed by atoms with Gasteiger partial charge >= 0.3 is 0 Å². The molecule has 1 aliphatic rings. The number of nitrogens with one attached hydrogen (secondary N) is 1. The molecular weight excluding hydrogens is 372 g/mol. The van der Waals surface area contributed by atoms with E-state index in [1.807, 2.05) is 32.0 Å². The Bertz CT molecular complexity index is 1080. The van der Waals surface area contributed by atoms with Gasteiger partial charge in [-0.2, -0.15) is 0 Å². The number of benzene rings is 1. The highest BCUT2D eigenvalue weighted by molar-refractivity contribution is 7.18. The quantitative estimate of drug-likeness (QED) is 0.714.